The zero-order valence-corrected chi connectivity index (χ0v) is 24.3. The van der Waals surface area contributed by atoms with Gasteiger partial charge < -0.3 is 18.6 Å². The molecule has 0 aromatic heterocycles. The largest absolute Gasteiger partial charge is 0.494 e. The average Bonchev–Trinajstić information content (AvgIpc) is 3.11. The zero-order chi connectivity index (χ0) is 26.7. The molecule has 0 atom stereocenters. The topological polar surface area (TPSA) is 36.9 Å². The number of benzene rings is 2. The van der Waals surface area contributed by atoms with E-state index in [0.717, 1.165) is 10.9 Å². The number of hydrogen-bond donors (Lipinski definition) is 0. The first-order valence-electron chi connectivity index (χ1n) is 13.3. The van der Waals surface area contributed by atoms with Crippen molar-refractivity contribution >= 4 is 25.2 Å². The molecule has 192 valence electrons. The van der Waals surface area contributed by atoms with Crippen LogP contribution >= 0.6 is 0 Å². The van der Waals surface area contributed by atoms with Gasteiger partial charge in [0.25, 0.3) is 0 Å². The van der Waals surface area contributed by atoms with Gasteiger partial charge in [-0.15, -0.1) is 0 Å². The molecule has 0 spiro atoms. The summed E-state index contributed by atoms with van der Waals surface area (Å²) in [6, 6.07) is 13.5. The van der Waals surface area contributed by atoms with Gasteiger partial charge in [-0.05, 0) is 99.4 Å². The number of hydrogen-bond acceptors (Lipinski definition) is 4. The standard InChI is InChI=1S/C30H42B2O4/c1-25(2)23-17-19(31-33-27(5,6)28(7,8)34-31)13-15-21(23)22-16-14-20(18-24(22)26(25,3)4)32-35-29(9,10)30(11,12)36-32/h13-18H,1-12H3. The molecule has 2 aliphatic heterocycles. The molecule has 2 fully saturated rings. The summed E-state index contributed by atoms with van der Waals surface area (Å²) < 4.78 is 25.5. The Morgan fingerprint density at radius 1 is 0.444 bits per heavy atom. The quantitative estimate of drug-likeness (QED) is 0.522. The van der Waals surface area contributed by atoms with Crippen LogP contribution in [0.2, 0.25) is 0 Å². The van der Waals surface area contributed by atoms with Crippen molar-refractivity contribution in [1.82, 2.24) is 0 Å². The minimum Gasteiger partial charge on any atom is -0.399 e. The summed E-state index contributed by atoms with van der Waals surface area (Å²) in [5.41, 5.74) is 5.67. The van der Waals surface area contributed by atoms with Crippen LogP contribution in [0.5, 0.6) is 0 Å². The van der Waals surface area contributed by atoms with E-state index in [0.29, 0.717) is 0 Å². The molecule has 0 amide bonds. The molecule has 6 heteroatoms. The smallest absolute Gasteiger partial charge is 0.399 e. The van der Waals surface area contributed by atoms with Gasteiger partial charge in [0.15, 0.2) is 0 Å². The highest BCUT2D eigenvalue weighted by Gasteiger charge is 2.54. The van der Waals surface area contributed by atoms with Gasteiger partial charge in [0.2, 0.25) is 0 Å². The van der Waals surface area contributed by atoms with E-state index in [-0.39, 0.29) is 47.5 Å². The Balaban J connectivity index is 1.58. The van der Waals surface area contributed by atoms with Gasteiger partial charge in [-0.25, -0.2) is 0 Å². The van der Waals surface area contributed by atoms with E-state index in [1.165, 1.54) is 22.3 Å². The fourth-order valence-corrected chi connectivity index (χ4v) is 5.55. The monoisotopic (exact) mass is 488 g/mol. The van der Waals surface area contributed by atoms with Crippen molar-refractivity contribution in [3.8, 4) is 11.1 Å². The maximum Gasteiger partial charge on any atom is 0.494 e. The predicted octanol–water partition coefficient (Wildman–Crippen LogP) is 5.52. The fourth-order valence-electron chi connectivity index (χ4n) is 5.55. The van der Waals surface area contributed by atoms with Crippen LogP contribution in [-0.4, -0.2) is 36.6 Å². The van der Waals surface area contributed by atoms with Crippen LogP contribution in [0.3, 0.4) is 0 Å². The molecule has 3 aliphatic rings. The van der Waals surface area contributed by atoms with Crippen LogP contribution in [0.25, 0.3) is 11.1 Å². The molecule has 0 unspecified atom stereocenters. The van der Waals surface area contributed by atoms with Crippen LogP contribution in [0, 0.1) is 0 Å². The van der Waals surface area contributed by atoms with Crippen molar-refractivity contribution in [2.24, 2.45) is 0 Å². The first-order valence-corrected chi connectivity index (χ1v) is 13.3. The van der Waals surface area contributed by atoms with E-state index in [4.69, 9.17) is 18.6 Å². The van der Waals surface area contributed by atoms with Crippen molar-refractivity contribution < 1.29 is 18.6 Å². The Labute approximate surface area is 218 Å². The molecule has 4 nitrogen and oxygen atoms in total. The van der Waals surface area contributed by atoms with Crippen LogP contribution in [0.15, 0.2) is 36.4 Å². The van der Waals surface area contributed by atoms with Crippen molar-refractivity contribution in [2.45, 2.75) is 116 Å². The summed E-state index contributed by atoms with van der Waals surface area (Å²) in [6.07, 6.45) is 0. The van der Waals surface area contributed by atoms with Gasteiger partial charge in [0.05, 0.1) is 22.4 Å². The summed E-state index contributed by atoms with van der Waals surface area (Å²) in [5.74, 6) is 0. The lowest BCUT2D eigenvalue weighted by atomic mass is 9.54. The number of rotatable bonds is 2. The molecule has 2 aromatic rings. The van der Waals surface area contributed by atoms with Crippen LogP contribution in [0.4, 0.5) is 0 Å². The van der Waals surface area contributed by atoms with Crippen LogP contribution < -0.4 is 10.9 Å². The maximum atomic E-state index is 6.39. The third kappa shape index (κ3) is 3.51. The molecule has 36 heavy (non-hydrogen) atoms. The van der Waals surface area contributed by atoms with E-state index in [1.807, 2.05) is 0 Å². The Bertz CT molecular complexity index is 1100. The average molecular weight is 488 g/mol. The summed E-state index contributed by atoms with van der Waals surface area (Å²) in [6.45, 7) is 26.2. The SMILES string of the molecule is CC1(C)OB(c2ccc3c(c2)C(C)(C)C(C)(C)c2cc(B4OC(C)(C)C(C)(C)O4)ccc2-3)OC1(C)C. The summed E-state index contributed by atoms with van der Waals surface area (Å²) >= 11 is 0. The summed E-state index contributed by atoms with van der Waals surface area (Å²) in [4.78, 5) is 0. The van der Waals surface area contributed by atoms with Crippen LogP contribution in [0.1, 0.15) is 94.2 Å². The molecule has 5 rings (SSSR count). The van der Waals surface area contributed by atoms with Gasteiger partial charge in [-0.1, -0.05) is 64.1 Å². The molecule has 2 heterocycles. The second-order valence-corrected chi connectivity index (χ2v) is 14.0. The Morgan fingerprint density at radius 3 is 1.00 bits per heavy atom. The highest BCUT2D eigenvalue weighted by molar-refractivity contribution is 6.62. The third-order valence-corrected chi connectivity index (χ3v) is 10.3. The molecule has 0 saturated carbocycles. The van der Waals surface area contributed by atoms with Crippen LogP contribution in [-0.2, 0) is 29.4 Å². The van der Waals surface area contributed by atoms with E-state index in [1.54, 1.807) is 0 Å². The normalized spacial score (nSPS) is 26.0. The molecule has 2 aromatic carbocycles. The third-order valence-electron chi connectivity index (χ3n) is 10.3. The maximum absolute atomic E-state index is 6.39. The first-order chi connectivity index (χ1) is 16.3. The predicted molar refractivity (Wildman–Crippen MR) is 149 cm³/mol. The lowest BCUT2D eigenvalue weighted by Gasteiger charge is -2.48. The zero-order valence-electron chi connectivity index (χ0n) is 24.3. The molecule has 0 bridgehead atoms. The molecule has 0 radical (unpaired) electrons. The van der Waals surface area contributed by atoms with Gasteiger partial charge >= 0.3 is 14.2 Å². The molecule has 2 saturated heterocycles. The van der Waals surface area contributed by atoms with Crippen molar-refractivity contribution in [3.05, 3.63) is 47.5 Å². The summed E-state index contributed by atoms with van der Waals surface area (Å²) in [5, 5.41) is 0. The lowest BCUT2D eigenvalue weighted by molar-refractivity contribution is 0.00578. The van der Waals surface area contributed by atoms with E-state index in [9.17, 15) is 0 Å². The highest BCUT2D eigenvalue weighted by atomic mass is 16.7. The first kappa shape index (κ1) is 26.0. The second-order valence-electron chi connectivity index (χ2n) is 14.0. The van der Waals surface area contributed by atoms with Crippen molar-refractivity contribution in [3.63, 3.8) is 0 Å². The van der Waals surface area contributed by atoms with Gasteiger partial charge in [-0.2, -0.15) is 0 Å². The molecule has 1 aliphatic carbocycles. The van der Waals surface area contributed by atoms with E-state index >= 15 is 0 Å². The van der Waals surface area contributed by atoms with Gasteiger partial charge in [0.1, 0.15) is 0 Å². The summed E-state index contributed by atoms with van der Waals surface area (Å²) in [7, 11) is -0.738. The highest BCUT2D eigenvalue weighted by Crippen LogP contribution is 2.53. The van der Waals surface area contributed by atoms with Crippen molar-refractivity contribution in [2.75, 3.05) is 0 Å². The Hall–Kier alpha value is -1.59. The fraction of sp³-hybridized carbons (Fsp3) is 0.600. The minimum absolute atomic E-state index is 0.121. The Kier molecular flexibility index (Phi) is 5.42. The van der Waals surface area contributed by atoms with Gasteiger partial charge in [0, 0.05) is 0 Å². The van der Waals surface area contributed by atoms with E-state index < -0.39 is 0 Å². The van der Waals surface area contributed by atoms with E-state index in [2.05, 4.69) is 119 Å². The lowest BCUT2D eigenvalue weighted by Crippen LogP contribution is -2.46. The molecule has 0 N–H and O–H groups in total. The minimum atomic E-state index is -0.369. The molecular formula is C30H42B2O4. The van der Waals surface area contributed by atoms with Crippen molar-refractivity contribution in [1.29, 1.82) is 0 Å². The second kappa shape index (κ2) is 7.50. The molecular weight excluding hydrogens is 446 g/mol. The number of fused-ring (bicyclic) bond motifs is 3. The Morgan fingerprint density at radius 2 is 0.722 bits per heavy atom. The van der Waals surface area contributed by atoms with Gasteiger partial charge in [-0.3, -0.25) is 0 Å².